The summed E-state index contributed by atoms with van der Waals surface area (Å²) < 4.78 is 0. The SMILES string of the molecule is [C-]#[N+]c1ccc2[nH]c3ncc(-c4ccc(N5CCN(C)CC5)cc4)cc3c2n1. The number of hydrogen-bond acceptors (Lipinski definition) is 4. The highest BCUT2D eigenvalue weighted by Crippen LogP contribution is 2.30. The minimum Gasteiger partial charge on any atom is -0.369 e. The van der Waals surface area contributed by atoms with Crippen molar-refractivity contribution < 1.29 is 0 Å². The van der Waals surface area contributed by atoms with Crippen molar-refractivity contribution in [2.24, 2.45) is 0 Å². The van der Waals surface area contributed by atoms with Gasteiger partial charge in [-0.25, -0.2) is 4.98 Å². The van der Waals surface area contributed by atoms with E-state index >= 15 is 0 Å². The van der Waals surface area contributed by atoms with Crippen LogP contribution in [-0.4, -0.2) is 53.1 Å². The second-order valence-corrected chi connectivity index (χ2v) is 7.26. The second kappa shape index (κ2) is 6.63. The molecule has 0 amide bonds. The lowest BCUT2D eigenvalue weighted by Crippen LogP contribution is -2.44. The average Bonchev–Trinajstić information content (AvgIpc) is 3.11. The first-order valence-corrected chi connectivity index (χ1v) is 9.41. The highest BCUT2D eigenvalue weighted by atomic mass is 15.2. The predicted octanol–water partition coefficient (Wildman–Crippen LogP) is 4.08. The van der Waals surface area contributed by atoms with Crippen molar-refractivity contribution in [2.75, 3.05) is 38.1 Å². The maximum Gasteiger partial charge on any atom is 0.270 e. The molecule has 0 bridgehead atoms. The molecule has 0 saturated carbocycles. The van der Waals surface area contributed by atoms with Crippen LogP contribution in [0.5, 0.6) is 0 Å². The van der Waals surface area contributed by atoms with Crippen molar-refractivity contribution in [2.45, 2.75) is 0 Å². The average molecular weight is 368 g/mol. The number of pyridine rings is 2. The van der Waals surface area contributed by atoms with Gasteiger partial charge in [0.15, 0.2) is 5.52 Å². The number of benzene rings is 1. The molecule has 5 rings (SSSR count). The number of nitrogens with zero attached hydrogens (tertiary/aromatic N) is 5. The van der Waals surface area contributed by atoms with Gasteiger partial charge in [-0.05, 0) is 42.9 Å². The molecule has 0 aliphatic carbocycles. The Morgan fingerprint density at radius 1 is 1.00 bits per heavy atom. The molecule has 1 saturated heterocycles. The summed E-state index contributed by atoms with van der Waals surface area (Å²) in [6.07, 6.45) is 1.89. The molecule has 6 heteroatoms. The summed E-state index contributed by atoms with van der Waals surface area (Å²) in [5.41, 5.74) is 5.93. The molecular weight excluding hydrogens is 348 g/mol. The summed E-state index contributed by atoms with van der Waals surface area (Å²) in [5, 5.41) is 0.946. The Hall–Kier alpha value is -3.43. The smallest absolute Gasteiger partial charge is 0.270 e. The third-order valence-corrected chi connectivity index (χ3v) is 5.46. The second-order valence-electron chi connectivity index (χ2n) is 7.26. The molecule has 1 aliphatic heterocycles. The third-order valence-electron chi connectivity index (χ3n) is 5.46. The summed E-state index contributed by atoms with van der Waals surface area (Å²) in [5.74, 6) is 0.398. The van der Waals surface area contributed by atoms with E-state index in [9.17, 15) is 0 Å². The Bertz CT molecular complexity index is 1190. The standard InChI is InChI=1S/C22H20N6/c1-23-20-8-7-19-21(26-20)18-13-16(14-24-22(18)25-19)15-3-5-17(6-4-15)28-11-9-27(2)10-12-28/h3-8,13-14H,9-12H2,2H3,(H,24,25). The number of aromatic nitrogens is 3. The van der Waals surface area contributed by atoms with Crippen LogP contribution in [0.4, 0.5) is 11.5 Å². The van der Waals surface area contributed by atoms with Gasteiger partial charge in [-0.2, -0.15) is 0 Å². The van der Waals surface area contributed by atoms with Crippen molar-refractivity contribution in [1.29, 1.82) is 0 Å². The lowest BCUT2D eigenvalue weighted by atomic mass is 10.1. The fourth-order valence-corrected chi connectivity index (χ4v) is 3.78. The van der Waals surface area contributed by atoms with Gasteiger partial charge in [0.1, 0.15) is 5.65 Å². The van der Waals surface area contributed by atoms with E-state index in [-0.39, 0.29) is 0 Å². The number of H-pyrrole nitrogens is 1. The maximum atomic E-state index is 7.20. The molecule has 138 valence electrons. The topological polar surface area (TPSA) is 52.4 Å². The lowest BCUT2D eigenvalue weighted by Gasteiger charge is -2.34. The molecule has 28 heavy (non-hydrogen) atoms. The highest BCUT2D eigenvalue weighted by molar-refractivity contribution is 6.05. The molecule has 0 unspecified atom stereocenters. The van der Waals surface area contributed by atoms with Gasteiger partial charge in [0, 0.05) is 43.6 Å². The Morgan fingerprint density at radius 3 is 2.54 bits per heavy atom. The first-order valence-electron chi connectivity index (χ1n) is 9.41. The van der Waals surface area contributed by atoms with Gasteiger partial charge in [0.2, 0.25) is 0 Å². The molecular formula is C22H20N6. The van der Waals surface area contributed by atoms with Gasteiger partial charge < -0.3 is 19.6 Å². The van der Waals surface area contributed by atoms with E-state index in [1.807, 2.05) is 12.3 Å². The summed E-state index contributed by atoms with van der Waals surface area (Å²) in [6, 6.07) is 14.4. The first kappa shape index (κ1) is 16.7. The summed E-state index contributed by atoms with van der Waals surface area (Å²) >= 11 is 0. The normalized spacial score (nSPS) is 15.2. The summed E-state index contributed by atoms with van der Waals surface area (Å²) in [4.78, 5) is 20.6. The van der Waals surface area contributed by atoms with Crippen LogP contribution >= 0.6 is 0 Å². The number of piperazine rings is 1. The van der Waals surface area contributed by atoms with Crippen molar-refractivity contribution in [1.82, 2.24) is 19.9 Å². The molecule has 0 atom stereocenters. The Kier molecular flexibility index (Phi) is 3.96. The minimum atomic E-state index is 0.398. The quantitative estimate of drug-likeness (QED) is 0.542. The fourth-order valence-electron chi connectivity index (χ4n) is 3.78. The number of nitrogens with one attached hydrogen (secondary N) is 1. The summed E-state index contributed by atoms with van der Waals surface area (Å²) in [7, 11) is 2.17. The van der Waals surface area contributed by atoms with E-state index < -0.39 is 0 Å². The number of anilines is 1. The van der Waals surface area contributed by atoms with Gasteiger partial charge in [-0.3, -0.25) is 0 Å². The molecule has 1 N–H and O–H groups in total. The number of likely N-dealkylation sites (N-methyl/N-ethyl adjacent to an activating group) is 1. The monoisotopic (exact) mass is 368 g/mol. The maximum absolute atomic E-state index is 7.20. The largest absolute Gasteiger partial charge is 0.369 e. The number of aromatic amines is 1. The molecule has 0 spiro atoms. The fraction of sp³-hybridized carbons (Fsp3) is 0.227. The van der Waals surface area contributed by atoms with Crippen LogP contribution in [0.2, 0.25) is 0 Å². The molecule has 4 heterocycles. The van der Waals surface area contributed by atoms with Gasteiger partial charge in [0.05, 0.1) is 10.9 Å². The first-order chi connectivity index (χ1) is 13.7. The zero-order valence-electron chi connectivity index (χ0n) is 15.7. The minimum absolute atomic E-state index is 0.398. The molecule has 0 radical (unpaired) electrons. The number of fused-ring (bicyclic) bond motifs is 3. The Labute approximate surface area is 163 Å². The van der Waals surface area contributed by atoms with Crippen LogP contribution in [0.1, 0.15) is 0 Å². The van der Waals surface area contributed by atoms with Crippen molar-refractivity contribution in [3.8, 4) is 11.1 Å². The van der Waals surface area contributed by atoms with Crippen molar-refractivity contribution in [3.63, 3.8) is 0 Å². The molecule has 1 aliphatic rings. The molecule has 4 aromatic rings. The molecule has 6 nitrogen and oxygen atoms in total. The van der Waals surface area contributed by atoms with Crippen LogP contribution < -0.4 is 4.90 Å². The van der Waals surface area contributed by atoms with E-state index in [1.54, 1.807) is 6.07 Å². The predicted molar refractivity (Wildman–Crippen MR) is 113 cm³/mol. The van der Waals surface area contributed by atoms with E-state index in [4.69, 9.17) is 6.57 Å². The van der Waals surface area contributed by atoms with E-state index in [2.05, 4.69) is 67.0 Å². The lowest BCUT2D eigenvalue weighted by molar-refractivity contribution is 0.313. The van der Waals surface area contributed by atoms with Gasteiger partial charge in [0.25, 0.3) is 5.82 Å². The molecule has 1 fully saturated rings. The van der Waals surface area contributed by atoms with E-state index in [0.29, 0.717) is 5.82 Å². The number of rotatable bonds is 2. The van der Waals surface area contributed by atoms with E-state index in [1.165, 1.54) is 5.69 Å². The Balaban J connectivity index is 1.50. The number of hydrogen-bond donors (Lipinski definition) is 1. The molecule has 3 aromatic heterocycles. The van der Waals surface area contributed by atoms with Crippen LogP contribution in [-0.2, 0) is 0 Å². The van der Waals surface area contributed by atoms with Crippen molar-refractivity contribution in [3.05, 3.63) is 60.1 Å². The zero-order valence-corrected chi connectivity index (χ0v) is 15.7. The van der Waals surface area contributed by atoms with Crippen molar-refractivity contribution >= 4 is 33.6 Å². The van der Waals surface area contributed by atoms with Crippen LogP contribution in [0.25, 0.3) is 38.0 Å². The highest BCUT2D eigenvalue weighted by Gasteiger charge is 2.15. The van der Waals surface area contributed by atoms with Gasteiger partial charge >= 0.3 is 0 Å². The van der Waals surface area contributed by atoms with Gasteiger partial charge in [-0.1, -0.05) is 18.7 Å². The van der Waals surface area contributed by atoms with Crippen LogP contribution in [0.15, 0.2) is 48.7 Å². The Morgan fingerprint density at radius 2 is 1.79 bits per heavy atom. The molecule has 1 aromatic carbocycles. The summed E-state index contributed by atoms with van der Waals surface area (Å²) in [6.45, 7) is 11.5. The third kappa shape index (κ3) is 2.86. The zero-order chi connectivity index (χ0) is 19.1. The van der Waals surface area contributed by atoms with Crippen LogP contribution in [0.3, 0.4) is 0 Å². The van der Waals surface area contributed by atoms with E-state index in [0.717, 1.165) is 59.4 Å². The van der Waals surface area contributed by atoms with Crippen LogP contribution in [0, 0.1) is 6.57 Å². The van der Waals surface area contributed by atoms with Gasteiger partial charge in [-0.15, -0.1) is 4.98 Å².